The number of aromatic nitrogens is 3. The average Bonchev–Trinajstić information content (AvgIpc) is 3.64. The van der Waals surface area contributed by atoms with Crippen LogP contribution in [0.15, 0.2) is 55.0 Å². The number of pyridine rings is 1. The van der Waals surface area contributed by atoms with E-state index in [1.165, 1.54) is 19.4 Å². The Morgan fingerprint density at radius 3 is 2.53 bits per heavy atom. The third-order valence-corrected chi connectivity index (χ3v) is 6.33. The van der Waals surface area contributed by atoms with Crippen molar-refractivity contribution in [2.45, 2.75) is 31.6 Å². The lowest BCUT2D eigenvalue weighted by Crippen LogP contribution is -2.34. The highest BCUT2D eigenvalue weighted by Gasteiger charge is 2.29. The predicted molar refractivity (Wildman–Crippen MR) is 118 cm³/mol. The van der Waals surface area contributed by atoms with Crippen LogP contribution in [0.3, 0.4) is 0 Å². The van der Waals surface area contributed by atoms with E-state index in [0.29, 0.717) is 5.92 Å². The van der Waals surface area contributed by atoms with Crippen molar-refractivity contribution in [2.24, 2.45) is 5.92 Å². The number of ether oxygens (including phenoxy) is 1. The lowest BCUT2D eigenvalue weighted by atomic mass is 9.88. The van der Waals surface area contributed by atoms with E-state index in [1.54, 1.807) is 19.5 Å². The van der Waals surface area contributed by atoms with E-state index in [-0.39, 0.29) is 0 Å². The van der Waals surface area contributed by atoms with Crippen LogP contribution in [0.25, 0.3) is 22.5 Å². The molecule has 0 radical (unpaired) electrons. The van der Waals surface area contributed by atoms with Gasteiger partial charge in [0.1, 0.15) is 5.75 Å². The highest BCUT2D eigenvalue weighted by molar-refractivity contribution is 5.69. The van der Waals surface area contributed by atoms with E-state index in [9.17, 15) is 0 Å². The van der Waals surface area contributed by atoms with Crippen LogP contribution >= 0.6 is 0 Å². The van der Waals surface area contributed by atoms with Gasteiger partial charge in [0.2, 0.25) is 0 Å². The molecule has 0 bridgehead atoms. The molecular formula is C25H28N4O. The monoisotopic (exact) mass is 400 g/mol. The normalized spacial score (nSPS) is 17.8. The molecule has 1 saturated carbocycles. The molecular weight excluding hydrogens is 372 g/mol. The van der Waals surface area contributed by atoms with Gasteiger partial charge in [-0.15, -0.1) is 0 Å². The third kappa shape index (κ3) is 4.21. The number of likely N-dealkylation sites (tertiary alicyclic amines) is 1. The maximum absolute atomic E-state index is 5.46. The summed E-state index contributed by atoms with van der Waals surface area (Å²) in [4.78, 5) is 16.6. The summed E-state index contributed by atoms with van der Waals surface area (Å²) in [7, 11) is 1.71. The summed E-state index contributed by atoms with van der Waals surface area (Å²) in [6.07, 6.45) is 10.7. The van der Waals surface area contributed by atoms with Crippen molar-refractivity contribution in [3.8, 4) is 28.3 Å². The zero-order valence-electron chi connectivity index (χ0n) is 17.5. The fourth-order valence-electron chi connectivity index (χ4n) is 4.41. The number of rotatable bonds is 6. The maximum Gasteiger partial charge on any atom is 0.159 e. The molecule has 5 rings (SSSR count). The minimum Gasteiger partial charge on any atom is -0.497 e. The Morgan fingerprint density at radius 2 is 1.80 bits per heavy atom. The van der Waals surface area contributed by atoms with Gasteiger partial charge >= 0.3 is 0 Å². The highest BCUT2D eigenvalue weighted by atomic mass is 16.5. The van der Waals surface area contributed by atoms with E-state index < -0.39 is 0 Å². The molecule has 2 aromatic heterocycles. The molecule has 3 heterocycles. The van der Waals surface area contributed by atoms with Gasteiger partial charge < -0.3 is 9.64 Å². The molecule has 5 heteroatoms. The predicted octanol–water partition coefficient (Wildman–Crippen LogP) is 4.80. The van der Waals surface area contributed by atoms with Crippen LogP contribution in [0.2, 0.25) is 0 Å². The molecule has 0 spiro atoms. The number of hydrogen-bond acceptors (Lipinski definition) is 5. The summed E-state index contributed by atoms with van der Waals surface area (Å²) in [6.45, 7) is 3.60. The molecule has 2 fully saturated rings. The fourth-order valence-corrected chi connectivity index (χ4v) is 4.41. The van der Waals surface area contributed by atoms with Gasteiger partial charge in [-0.3, -0.25) is 4.98 Å². The molecule has 1 aliphatic heterocycles. The maximum atomic E-state index is 5.46. The van der Waals surface area contributed by atoms with E-state index in [1.807, 2.05) is 30.5 Å². The number of benzene rings is 1. The van der Waals surface area contributed by atoms with Crippen LogP contribution in [0.1, 0.15) is 37.3 Å². The van der Waals surface area contributed by atoms with Crippen LogP contribution in [0.4, 0.5) is 0 Å². The number of piperidine rings is 1. The first-order valence-electron chi connectivity index (χ1n) is 10.9. The molecule has 2 aliphatic rings. The van der Waals surface area contributed by atoms with Crippen molar-refractivity contribution < 1.29 is 4.74 Å². The zero-order valence-corrected chi connectivity index (χ0v) is 17.5. The molecule has 5 nitrogen and oxygen atoms in total. The number of methoxy groups -OCH3 is 1. The summed E-state index contributed by atoms with van der Waals surface area (Å²) in [6, 6.07) is 12.2. The fraction of sp³-hybridized carbons (Fsp3) is 0.400. The van der Waals surface area contributed by atoms with Gasteiger partial charge in [-0.25, -0.2) is 9.97 Å². The van der Waals surface area contributed by atoms with Gasteiger partial charge in [0.25, 0.3) is 0 Å². The van der Waals surface area contributed by atoms with Crippen LogP contribution in [0.5, 0.6) is 5.75 Å². The second-order valence-electron chi connectivity index (χ2n) is 8.48. The van der Waals surface area contributed by atoms with E-state index in [4.69, 9.17) is 14.7 Å². The Kier molecular flexibility index (Phi) is 5.45. The lowest BCUT2D eigenvalue weighted by molar-refractivity contribution is 0.203. The van der Waals surface area contributed by atoms with Gasteiger partial charge in [0.15, 0.2) is 5.82 Å². The smallest absolute Gasteiger partial charge is 0.159 e. The molecule has 1 saturated heterocycles. The van der Waals surface area contributed by atoms with E-state index in [2.05, 4.69) is 22.0 Å². The van der Waals surface area contributed by atoms with Crippen molar-refractivity contribution in [3.63, 3.8) is 0 Å². The zero-order chi connectivity index (χ0) is 20.3. The molecule has 30 heavy (non-hydrogen) atoms. The Hall–Kier alpha value is -2.79. The summed E-state index contributed by atoms with van der Waals surface area (Å²) in [5.74, 6) is 3.03. The molecule has 0 amide bonds. The van der Waals surface area contributed by atoms with Crippen molar-refractivity contribution in [1.29, 1.82) is 0 Å². The van der Waals surface area contributed by atoms with Gasteiger partial charge in [0, 0.05) is 42.2 Å². The van der Waals surface area contributed by atoms with Crippen molar-refractivity contribution in [2.75, 3.05) is 26.7 Å². The minimum atomic E-state index is 0.449. The van der Waals surface area contributed by atoms with Crippen LogP contribution in [-0.2, 0) is 0 Å². The van der Waals surface area contributed by atoms with Crippen molar-refractivity contribution >= 4 is 0 Å². The summed E-state index contributed by atoms with van der Waals surface area (Å²) in [5, 5.41) is 0. The second kappa shape index (κ2) is 8.52. The highest BCUT2D eigenvalue weighted by Crippen LogP contribution is 2.37. The molecule has 0 atom stereocenters. The van der Waals surface area contributed by atoms with Gasteiger partial charge in [-0.2, -0.15) is 0 Å². The number of hydrogen-bond donors (Lipinski definition) is 0. The molecule has 0 N–H and O–H groups in total. The molecule has 1 aliphatic carbocycles. The Labute approximate surface area is 178 Å². The van der Waals surface area contributed by atoms with E-state index >= 15 is 0 Å². The first-order valence-corrected chi connectivity index (χ1v) is 10.9. The van der Waals surface area contributed by atoms with Gasteiger partial charge in [0.05, 0.1) is 12.8 Å². The first-order chi connectivity index (χ1) is 14.8. The Bertz CT molecular complexity index is 995. The SMILES string of the molecule is COc1cccc(-c2cnc(-c3ccncc3)nc2C2CCN(CC3CC3)CC2)c1. The summed E-state index contributed by atoms with van der Waals surface area (Å²) in [5.41, 5.74) is 4.41. The largest absolute Gasteiger partial charge is 0.497 e. The number of nitrogens with zero attached hydrogens (tertiary/aromatic N) is 4. The molecule has 0 unspecified atom stereocenters. The summed E-state index contributed by atoms with van der Waals surface area (Å²) >= 11 is 0. The molecule has 3 aromatic rings. The quantitative estimate of drug-likeness (QED) is 0.595. The van der Waals surface area contributed by atoms with Gasteiger partial charge in [-0.1, -0.05) is 12.1 Å². The van der Waals surface area contributed by atoms with Crippen LogP contribution in [-0.4, -0.2) is 46.6 Å². The molecule has 154 valence electrons. The Morgan fingerprint density at radius 1 is 1.00 bits per heavy atom. The van der Waals surface area contributed by atoms with Crippen molar-refractivity contribution in [3.05, 3.63) is 60.7 Å². The van der Waals surface area contributed by atoms with Crippen LogP contribution < -0.4 is 4.74 Å². The Balaban J connectivity index is 1.48. The standard InChI is InChI=1S/C25H28N4O/c1-30-22-4-2-3-21(15-22)23-16-27-25(20-7-11-26-12-8-20)28-24(23)19-9-13-29(14-10-19)17-18-5-6-18/h2-4,7-8,11-12,15-16,18-19H,5-6,9-10,13-14,17H2,1H3. The minimum absolute atomic E-state index is 0.449. The summed E-state index contributed by atoms with van der Waals surface area (Å²) < 4.78 is 5.46. The van der Waals surface area contributed by atoms with E-state index in [0.717, 1.165) is 65.8 Å². The van der Waals surface area contributed by atoms with Gasteiger partial charge in [-0.05, 0) is 74.5 Å². The second-order valence-corrected chi connectivity index (χ2v) is 8.48. The third-order valence-electron chi connectivity index (χ3n) is 6.33. The lowest BCUT2D eigenvalue weighted by Gasteiger charge is -2.32. The van der Waals surface area contributed by atoms with Crippen molar-refractivity contribution in [1.82, 2.24) is 19.9 Å². The average molecular weight is 401 g/mol. The van der Waals surface area contributed by atoms with Crippen LogP contribution in [0, 0.1) is 5.92 Å². The molecule has 1 aromatic carbocycles. The topological polar surface area (TPSA) is 51.1 Å². The first kappa shape index (κ1) is 19.2.